The molecule has 0 N–H and O–H groups in total. The van der Waals surface area contributed by atoms with Crippen LogP contribution in [0.2, 0.25) is 0 Å². The highest BCUT2D eigenvalue weighted by molar-refractivity contribution is 6.06. The highest BCUT2D eigenvalue weighted by atomic mass is 16.4. The molecule has 3 heterocycles. The Labute approximate surface area is 132 Å². The van der Waals surface area contributed by atoms with Crippen LogP contribution in [0.5, 0.6) is 0 Å². The highest BCUT2D eigenvalue weighted by Crippen LogP contribution is 2.35. The first-order chi connectivity index (χ1) is 11.1. The van der Waals surface area contributed by atoms with Gasteiger partial charge in [-0.05, 0) is 38.3 Å². The first-order valence-corrected chi connectivity index (χ1v) is 7.78. The molecule has 6 heteroatoms. The number of carboxylic acids is 1. The van der Waals surface area contributed by atoms with Gasteiger partial charge in [-0.25, -0.2) is 9.97 Å². The normalized spacial score (nSPS) is 18.7. The number of aromatic nitrogens is 2. The van der Waals surface area contributed by atoms with Gasteiger partial charge in [0, 0.05) is 11.9 Å². The third-order valence-corrected chi connectivity index (χ3v) is 4.36. The molecule has 1 fully saturated rings. The molecule has 1 aromatic carbocycles. The first-order valence-electron chi connectivity index (χ1n) is 7.78. The topological polar surface area (TPSA) is 82.3 Å². The SMILES string of the molecule is Cc1nc(N2CCCC[C@@H]2C(=O)[O-])c2oc3ccccc3c2n1. The number of carboxylic acid groups (broad SMARTS) is 1. The summed E-state index contributed by atoms with van der Waals surface area (Å²) in [5.41, 5.74) is 2.00. The second kappa shape index (κ2) is 5.22. The molecule has 1 aliphatic heterocycles. The van der Waals surface area contributed by atoms with Gasteiger partial charge in [0.1, 0.15) is 16.9 Å². The van der Waals surface area contributed by atoms with Crippen LogP contribution in [0.25, 0.3) is 22.1 Å². The van der Waals surface area contributed by atoms with Gasteiger partial charge in [0.15, 0.2) is 11.4 Å². The van der Waals surface area contributed by atoms with E-state index in [9.17, 15) is 9.90 Å². The summed E-state index contributed by atoms with van der Waals surface area (Å²) < 4.78 is 5.94. The number of nitrogens with zero attached hydrogens (tertiary/aromatic N) is 3. The molecule has 0 bridgehead atoms. The fourth-order valence-corrected chi connectivity index (χ4v) is 3.31. The van der Waals surface area contributed by atoms with E-state index in [-0.39, 0.29) is 0 Å². The van der Waals surface area contributed by atoms with Crippen molar-refractivity contribution in [1.82, 2.24) is 9.97 Å². The van der Waals surface area contributed by atoms with Crippen molar-refractivity contribution in [1.29, 1.82) is 0 Å². The van der Waals surface area contributed by atoms with Gasteiger partial charge in [-0.15, -0.1) is 0 Å². The number of aliphatic carboxylic acids is 1. The van der Waals surface area contributed by atoms with Gasteiger partial charge in [-0.1, -0.05) is 12.1 Å². The largest absolute Gasteiger partial charge is 0.548 e. The van der Waals surface area contributed by atoms with E-state index >= 15 is 0 Å². The summed E-state index contributed by atoms with van der Waals surface area (Å²) in [6.45, 7) is 2.43. The monoisotopic (exact) mass is 310 g/mol. The van der Waals surface area contributed by atoms with E-state index in [0.29, 0.717) is 30.2 Å². The quantitative estimate of drug-likeness (QED) is 0.717. The van der Waals surface area contributed by atoms with Crippen molar-refractivity contribution in [2.45, 2.75) is 32.2 Å². The lowest BCUT2D eigenvalue weighted by Crippen LogP contribution is -2.51. The smallest absolute Gasteiger partial charge is 0.196 e. The Kier molecular flexibility index (Phi) is 3.18. The highest BCUT2D eigenvalue weighted by Gasteiger charge is 2.28. The minimum atomic E-state index is -1.06. The molecule has 4 rings (SSSR count). The Morgan fingerprint density at radius 1 is 1.30 bits per heavy atom. The molecule has 1 aliphatic rings. The fourth-order valence-electron chi connectivity index (χ4n) is 3.31. The molecular weight excluding hydrogens is 294 g/mol. The van der Waals surface area contributed by atoms with Crippen LogP contribution in [-0.2, 0) is 4.79 Å². The molecule has 0 radical (unpaired) electrons. The van der Waals surface area contributed by atoms with Gasteiger partial charge >= 0.3 is 0 Å². The fraction of sp³-hybridized carbons (Fsp3) is 0.353. The summed E-state index contributed by atoms with van der Waals surface area (Å²) in [5, 5.41) is 12.4. The minimum absolute atomic E-state index is 0.546. The molecule has 0 spiro atoms. The van der Waals surface area contributed by atoms with Crippen LogP contribution >= 0.6 is 0 Å². The summed E-state index contributed by atoms with van der Waals surface area (Å²) in [6.07, 6.45) is 2.37. The second-order valence-corrected chi connectivity index (χ2v) is 5.89. The molecule has 3 aromatic rings. The van der Waals surface area contributed by atoms with Crippen LogP contribution in [-0.4, -0.2) is 28.5 Å². The van der Waals surface area contributed by atoms with Gasteiger partial charge in [0.05, 0.1) is 12.0 Å². The number of fused-ring (bicyclic) bond motifs is 3. The van der Waals surface area contributed by atoms with E-state index < -0.39 is 12.0 Å². The van der Waals surface area contributed by atoms with E-state index in [0.717, 1.165) is 29.3 Å². The number of rotatable bonds is 2. The number of aryl methyl sites for hydroxylation is 1. The molecule has 23 heavy (non-hydrogen) atoms. The van der Waals surface area contributed by atoms with Crippen LogP contribution in [0.3, 0.4) is 0 Å². The van der Waals surface area contributed by atoms with E-state index in [1.54, 1.807) is 4.90 Å². The average molecular weight is 310 g/mol. The van der Waals surface area contributed by atoms with Crippen molar-refractivity contribution in [3.8, 4) is 0 Å². The zero-order chi connectivity index (χ0) is 16.0. The minimum Gasteiger partial charge on any atom is -0.548 e. The number of furan rings is 1. The maximum atomic E-state index is 11.5. The van der Waals surface area contributed by atoms with Gasteiger partial charge in [0.25, 0.3) is 0 Å². The number of benzene rings is 1. The van der Waals surface area contributed by atoms with E-state index in [1.165, 1.54) is 0 Å². The van der Waals surface area contributed by atoms with Gasteiger partial charge in [-0.2, -0.15) is 0 Å². The average Bonchev–Trinajstić information content (AvgIpc) is 2.93. The van der Waals surface area contributed by atoms with E-state index in [1.807, 2.05) is 31.2 Å². The summed E-state index contributed by atoms with van der Waals surface area (Å²) in [4.78, 5) is 22.3. The van der Waals surface area contributed by atoms with Gasteiger partial charge in [-0.3, -0.25) is 0 Å². The van der Waals surface area contributed by atoms with Gasteiger partial charge < -0.3 is 19.2 Å². The Bertz CT molecular complexity index is 903. The Hall–Kier alpha value is -2.63. The predicted molar refractivity (Wildman–Crippen MR) is 84.0 cm³/mol. The Morgan fingerprint density at radius 2 is 2.13 bits per heavy atom. The van der Waals surface area contributed by atoms with Crippen molar-refractivity contribution in [2.75, 3.05) is 11.4 Å². The van der Waals surface area contributed by atoms with Crippen molar-refractivity contribution in [3.63, 3.8) is 0 Å². The number of piperidine rings is 1. The molecular formula is C17H16N3O3-. The van der Waals surface area contributed by atoms with Crippen LogP contribution in [0.1, 0.15) is 25.1 Å². The molecule has 0 aliphatic carbocycles. The molecule has 1 saturated heterocycles. The molecule has 0 amide bonds. The van der Waals surface area contributed by atoms with Crippen LogP contribution in [0.4, 0.5) is 5.82 Å². The van der Waals surface area contributed by atoms with E-state index in [2.05, 4.69) is 9.97 Å². The standard InChI is InChI=1S/C17H17N3O3/c1-10-18-14-11-6-2-3-8-13(11)23-15(14)16(19-10)20-9-5-4-7-12(20)17(21)22/h2-3,6,8,12H,4-5,7,9H2,1H3,(H,21,22)/p-1/t12-/m1/s1. The Balaban J connectivity index is 1.96. The lowest BCUT2D eigenvalue weighted by Gasteiger charge is -2.37. The number of para-hydroxylation sites is 1. The number of carbonyl (C=O) groups is 1. The number of carbonyl (C=O) groups excluding carboxylic acids is 1. The summed E-state index contributed by atoms with van der Waals surface area (Å²) in [6, 6.07) is 6.98. The lowest BCUT2D eigenvalue weighted by atomic mass is 10.0. The zero-order valence-electron chi connectivity index (χ0n) is 12.8. The maximum absolute atomic E-state index is 11.5. The molecule has 0 saturated carbocycles. The van der Waals surface area contributed by atoms with Crippen molar-refractivity contribution in [3.05, 3.63) is 30.1 Å². The summed E-state index contributed by atoms with van der Waals surface area (Å²) in [7, 11) is 0. The van der Waals surface area contributed by atoms with Crippen LogP contribution in [0, 0.1) is 6.92 Å². The second-order valence-electron chi connectivity index (χ2n) is 5.89. The molecule has 118 valence electrons. The third kappa shape index (κ3) is 2.21. The number of hydrogen-bond acceptors (Lipinski definition) is 6. The first kappa shape index (κ1) is 14.0. The predicted octanol–water partition coefficient (Wildman–Crippen LogP) is 1.79. The molecule has 0 unspecified atom stereocenters. The van der Waals surface area contributed by atoms with Crippen LogP contribution in [0.15, 0.2) is 28.7 Å². The third-order valence-electron chi connectivity index (χ3n) is 4.36. The van der Waals surface area contributed by atoms with Gasteiger partial charge in [0.2, 0.25) is 0 Å². The number of hydrogen-bond donors (Lipinski definition) is 0. The molecule has 1 atom stereocenters. The lowest BCUT2D eigenvalue weighted by molar-refractivity contribution is -0.307. The molecule has 6 nitrogen and oxygen atoms in total. The van der Waals surface area contributed by atoms with Crippen molar-refractivity contribution in [2.24, 2.45) is 0 Å². The zero-order valence-corrected chi connectivity index (χ0v) is 12.8. The van der Waals surface area contributed by atoms with Crippen molar-refractivity contribution >= 4 is 33.9 Å². The number of anilines is 1. The Morgan fingerprint density at radius 3 is 2.96 bits per heavy atom. The summed E-state index contributed by atoms with van der Waals surface area (Å²) in [5.74, 6) is 0.0875. The maximum Gasteiger partial charge on any atom is 0.196 e. The molecule has 2 aromatic heterocycles. The van der Waals surface area contributed by atoms with Crippen LogP contribution < -0.4 is 10.0 Å². The summed E-state index contributed by atoms with van der Waals surface area (Å²) >= 11 is 0. The van der Waals surface area contributed by atoms with Crippen molar-refractivity contribution < 1.29 is 14.3 Å². The van der Waals surface area contributed by atoms with E-state index in [4.69, 9.17) is 4.42 Å².